The molecule has 1 fully saturated rings. The second-order valence-corrected chi connectivity index (χ2v) is 3.59. The van der Waals surface area contributed by atoms with Crippen LogP contribution in [0.2, 0.25) is 0 Å². The van der Waals surface area contributed by atoms with Gasteiger partial charge in [-0.15, -0.1) is 0 Å². The lowest BCUT2D eigenvalue weighted by Gasteiger charge is -2.30. The van der Waals surface area contributed by atoms with Gasteiger partial charge in [-0.1, -0.05) is 0 Å². The van der Waals surface area contributed by atoms with Gasteiger partial charge in [-0.25, -0.2) is 0 Å². The van der Waals surface area contributed by atoms with E-state index < -0.39 is 5.97 Å². The first-order valence-corrected chi connectivity index (χ1v) is 4.65. The van der Waals surface area contributed by atoms with E-state index in [1.807, 2.05) is 4.90 Å². The quantitative estimate of drug-likeness (QED) is 0.693. The monoisotopic (exact) mass is 187 g/mol. The predicted octanol–water partition coefficient (Wildman–Crippen LogP) is 0.429. The van der Waals surface area contributed by atoms with Crippen LogP contribution < -0.4 is 0 Å². The van der Waals surface area contributed by atoms with Gasteiger partial charge in [-0.05, 0) is 25.3 Å². The number of hydrogen-bond donors (Lipinski definition) is 1. The molecule has 0 unspecified atom stereocenters. The molecule has 1 aliphatic rings. The van der Waals surface area contributed by atoms with Crippen LogP contribution in [0.3, 0.4) is 0 Å². The Kier molecular flexibility index (Phi) is 4.18. The maximum atomic E-state index is 10.5. The number of carbonyl (C=O) groups is 1. The molecular weight excluding hydrogens is 170 g/mol. The van der Waals surface area contributed by atoms with Crippen LogP contribution in [0.4, 0.5) is 0 Å². The molecular formula is C9H17NO3. The van der Waals surface area contributed by atoms with E-state index in [1.54, 1.807) is 7.11 Å². The van der Waals surface area contributed by atoms with E-state index in [4.69, 9.17) is 9.84 Å². The molecule has 0 aliphatic carbocycles. The number of piperidine rings is 1. The fourth-order valence-electron chi connectivity index (χ4n) is 1.86. The molecule has 4 heteroatoms. The normalized spacial score (nSPS) is 24.5. The third-order valence-corrected chi connectivity index (χ3v) is 2.36. The van der Waals surface area contributed by atoms with E-state index >= 15 is 0 Å². The zero-order valence-corrected chi connectivity index (χ0v) is 8.03. The first-order valence-electron chi connectivity index (χ1n) is 4.65. The zero-order chi connectivity index (χ0) is 9.68. The molecule has 0 aromatic rings. The van der Waals surface area contributed by atoms with Crippen LogP contribution >= 0.6 is 0 Å². The largest absolute Gasteiger partial charge is 0.480 e. The molecule has 0 amide bonds. The van der Waals surface area contributed by atoms with Gasteiger partial charge in [0.15, 0.2) is 0 Å². The number of ether oxygens (including phenoxy) is 1. The summed E-state index contributed by atoms with van der Waals surface area (Å²) in [4.78, 5) is 12.4. The standard InChI is InChI=1S/C9H17NO3/c1-13-7-8-3-2-4-10(5-8)6-9(11)12/h8H,2-7H2,1H3,(H,11,12)/t8-/m0/s1. The van der Waals surface area contributed by atoms with Crippen molar-refractivity contribution in [2.45, 2.75) is 12.8 Å². The fourth-order valence-corrected chi connectivity index (χ4v) is 1.86. The average Bonchev–Trinajstić information content (AvgIpc) is 2.04. The molecule has 1 atom stereocenters. The number of aliphatic carboxylic acids is 1. The molecule has 1 rings (SSSR count). The van der Waals surface area contributed by atoms with Crippen LogP contribution in [-0.4, -0.2) is 49.3 Å². The highest BCUT2D eigenvalue weighted by Crippen LogP contribution is 2.15. The Bertz CT molecular complexity index is 170. The van der Waals surface area contributed by atoms with Crippen molar-refractivity contribution < 1.29 is 14.6 Å². The second kappa shape index (κ2) is 5.19. The van der Waals surface area contributed by atoms with Crippen LogP contribution in [0.25, 0.3) is 0 Å². The number of likely N-dealkylation sites (tertiary alicyclic amines) is 1. The molecule has 0 aromatic heterocycles. The highest BCUT2D eigenvalue weighted by atomic mass is 16.5. The van der Waals surface area contributed by atoms with Gasteiger partial charge in [0, 0.05) is 13.7 Å². The summed E-state index contributed by atoms with van der Waals surface area (Å²) in [6.07, 6.45) is 2.24. The van der Waals surface area contributed by atoms with Crippen molar-refractivity contribution in [3.05, 3.63) is 0 Å². The van der Waals surface area contributed by atoms with Gasteiger partial charge in [0.25, 0.3) is 0 Å². The summed E-state index contributed by atoms with van der Waals surface area (Å²) in [7, 11) is 1.69. The van der Waals surface area contributed by atoms with Gasteiger partial charge >= 0.3 is 5.97 Å². The van der Waals surface area contributed by atoms with E-state index in [9.17, 15) is 4.79 Å². The molecule has 4 nitrogen and oxygen atoms in total. The first-order chi connectivity index (χ1) is 6.22. The molecule has 0 radical (unpaired) electrons. The van der Waals surface area contributed by atoms with Gasteiger partial charge in [-0.3, -0.25) is 9.69 Å². The van der Waals surface area contributed by atoms with Gasteiger partial charge in [0.1, 0.15) is 0 Å². The van der Waals surface area contributed by atoms with E-state index in [-0.39, 0.29) is 6.54 Å². The molecule has 0 spiro atoms. The third-order valence-electron chi connectivity index (χ3n) is 2.36. The number of carboxylic acids is 1. The Labute approximate surface area is 78.5 Å². The number of hydrogen-bond acceptors (Lipinski definition) is 3. The van der Waals surface area contributed by atoms with Crippen LogP contribution in [0.5, 0.6) is 0 Å². The minimum absolute atomic E-state index is 0.167. The molecule has 1 saturated heterocycles. The van der Waals surface area contributed by atoms with Crippen LogP contribution in [0.1, 0.15) is 12.8 Å². The van der Waals surface area contributed by atoms with E-state index in [2.05, 4.69) is 0 Å². The topological polar surface area (TPSA) is 49.8 Å². The lowest BCUT2D eigenvalue weighted by molar-refractivity contribution is -0.138. The Balaban J connectivity index is 2.28. The van der Waals surface area contributed by atoms with Gasteiger partial charge < -0.3 is 9.84 Å². The predicted molar refractivity (Wildman–Crippen MR) is 48.7 cm³/mol. The zero-order valence-electron chi connectivity index (χ0n) is 8.03. The SMILES string of the molecule is COC[C@H]1CCCN(CC(=O)O)C1. The lowest BCUT2D eigenvalue weighted by atomic mass is 9.99. The Morgan fingerprint density at radius 3 is 3.08 bits per heavy atom. The van der Waals surface area contributed by atoms with E-state index in [1.165, 1.54) is 0 Å². The van der Waals surface area contributed by atoms with Crippen molar-refractivity contribution in [2.75, 3.05) is 33.4 Å². The number of methoxy groups -OCH3 is 1. The van der Waals surface area contributed by atoms with Crippen molar-refractivity contribution >= 4 is 5.97 Å². The molecule has 0 saturated carbocycles. The number of nitrogens with zero attached hydrogens (tertiary/aromatic N) is 1. The number of rotatable bonds is 4. The molecule has 0 aromatic carbocycles. The van der Waals surface area contributed by atoms with E-state index in [0.29, 0.717) is 5.92 Å². The summed E-state index contributed by atoms with van der Waals surface area (Å²) in [5, 5.41) is 8.61. The Hall–Kier alpha value is -0.610. The van der Waals surface area contributed by atoms with Crippen molar-refractivity contribution in [1.29, 1.82) is 0 Å². The molecule has 1 aliphatic heterocycles. The summed E-state index contributed by atoms with van der Waals surface area (Å²) >= 11 is 0. The molecule has 0 bridgehead atoms. The molecule has 76 valence electrons. The van der Waals surface area contributed by atoms with E-state index in [0.717, 1.165) is 32.5 Å². The van der Waals surface area contributed by atoms with Crippen molar-refractivity contribution in [1.82, 2.24) is 4.90 Å². The molecule has 1 N–H and O–H groups in total. The Morgan fingerprint density at radius 1 is 1.69 bits per heavy atom. The van der Waals surface area contributed by atoms with Gasteiger partial charge in [0.05, 0.1) is 13.2 Å². The summed E-state index contributed by atoms with van der Waals surface area (Å²) in [6, 6.07) is 0. The summed E-state index contributed by atoms with van der Waals surface area (Å²) in [5.74, 6) is -0.226. The van der Waals surface area contributed by atoms with Gasteiger partial charge in [-0.2, -0.15) is 0 Å². The third kappa shape index (κ3) is 3.74. The summed E-state index contributed by atoms with van der Waals surface area (Å²) in [5.41, 5.74) is 0. The first kappa shape index (κ1) is 10.5. The number of carboxylic acid groups (broad SMARTS) is 1. The smallest absolute Gasteiger partial charge is 0.317 e. The maximum Gasteiger partial charge on any atom is 0.317 e. The van der Waals surface area contributed by atoms with Gasteiger partial charge in [0.2, 0.25) is 0 Å². The highest BCUT2D eigenvalue weighted by molar-refractivity contribution is 5.69. The fraction of sp³-hybridized carbons (Fsp3) is 0.889. The van der Waals surface area contributed by atoms with Crippen LogP contribution in [-0.2, 0) is 9.53 Å². The summed E-state index contributed by atoms with van der Waals surface area (Å²) in [6.45, 7) is 2.68. The van der Waals surface area contributed by atoms with Crippen LogP contribution in [0, 0.1) is 5.92 Å². The highest BCUT2D eigenvalue weighted by Gasteiger charge is 2.20. The Morgan fingerprint density at radius 2 is 2.46 bits per heavy atom. The minimum atomic E-state index is -0.738. The van der Waals surface area contributed by atoms with Crippen LogP contribution in [0.15, 0.2) is 0 Å². The maximum absolute atomic E-state index is 10.5. The van der Waals surface area contributed by atoms with Crippen molar-refractivity contribution in [3.8, 4) is 0 Å². The average molecular weight is 187 g/mol. The van der Waals surface area contributed by atoms with Crippen molar-refractivity contribution in [2.24, 2.45) is 5.92 Å². The molecule has 13 heavy (non-hydrogen) atoms. The molecule has 1 heterocycles. The summed E-state index contributed by atoms with van der Waals surface area (Å²) < 4.78 is 5.06. The second-order valence-electron chi connectivity index (χ2n) is 3.59. The minimum Gasteiger partial charge on any atom is -0.480 e. The lowest BCUT2D eigenvalue weighted by Crippen LogP contribution is -2.40. The van der Waals surface area contributed by atoms with Crippen molar-refractivity contribution in [3.63, 3.8) is 0 Å².